The second-order valence-corrected chi connectivity index (χ2v) is 4.82. The van der Waals surface area contributed by atoms with Crippen LogP contribution in [0.5, 0.6) is 11.6 Å². The normalized spacial score (nSPS) is 14.7. The Morgan fingerprint density at radius 1 is 1.05 bits per heavy atom. The second-order valence-electron chi connectivity index (χ2n) is 4.82. The summed E-state index contributed by atoms with van der Waals surface area (Å²) in [5.74, 6) is 2.35. The molecule has 1 aliphatic heterocycles. The first-order chi connectivity index (χ1) is 9.31. The van der Waals surface area contributed by atoms with Gasteiger partial charge in [0.1, 0.15) is 17.9 Å². The van der Waals surface area contributed by atoms with Crippen molar-refractivity contribution in [3.63, 3.8) is 0 Å². The molecule has 19 heavy (non-hydrogen) atoms. The summed E-state index contributed by atoms with van der Waals surface area (Å²) in [6.07, 6.45) is 4.04. The van der Waals surface area contributed by atoms with E-state index in [-0.39, 0.29) is 0 Å². The van der Waals surface area contributed by atoms with E-state index in [1.54, 1.807) is 6.33 Å². The molecule has 4 heteroatoms. The lowest BCUT2D eigenvalue weighted by atomic mass is 10.2. The standard InChI is InChI=1S/C15H17N3O/c1-12-4-6-13(7-5-12)19-15-10-14(16-11-17-15)18-8-2-3-9-18/h4-7,10-11H,2-3,8-9H2,1H3. The number of aryl methyl sites for hydroxylation is 1. The fourth-order valence-corrected chi connectivity index (χ4v) is 2.23. The lowest BCUT2D eigenvalue weighted by Gasteiger charge is -2.16. The first-order valence-corrected chi connectivity index (χ1v) is 6.63. The predicted molar refractivity (Wildman–Crippen MR) is 74.7 cm³/mol. The van der Waals surface area contributed by atoms with Crippen molar-refractivity contribution >= 4 is 5.82 Å². The van der Waals surface area contributed by atoms with E-state index < -0.39 is 0 Å². The Hall–Kier alpha value is -2.10. The van der Waals surface area contributed by atoms with Gasteiger partial charge in [0.15, 0.2) is 0 Å². The Kier molecular flexibility index (Phi) is 3.31. The van der Waals surface area contributed by atoms with Crippen LogP contribution in [0.3, 0.4) is 0 Å². The zero-order chi connectivity index (χ0) is 13.1. The van der Waals surface area contributed by atoms with Crippen LogP contribution in [-0.2, 0) is 0 Å². The van der Waals surface area contributed by atoms with E-state index in [1.165, 1.54) is 18.4 Å². The highest BCUT2D eigenvalue weighted by Gasteiger charge is 2.14. The van der Waals surface area contributed by atoms with E-state index in [1.807, 2.05) is 30.3 Å². The zero-order valence-corrected chi connectivity index (χ0v) is 11.0. The first kappa shape index (κ1) is 12.0. The molecule has 1 aromatic heterocycles. The molecular weight excluding hydrogens is 238 g/mol. The Balaban J connectivity index is 1.77. The maximum absolute atomic E-state index is 5.76. The Bertz CT molecular complexity index is 548. The number of hydrogen-bond donors (Lipinski definition) is 0. The van der Waals surface area contributed by atoms with Crippen molar-refractivity contribution in [2.45, 2.75) is 19.8 Å². The lowest BCUT2D eigenvalue weighted by Crippen LogP contribution is -2.18. The molecule has 1 aliphatic rings. The van der Waals surface area contributed by atoms with Gasteiger partial charge in [-0.1, -0.05) is 17.7 Å². The summed E-state index contributed by atoms with van der Waals surface area (Å²) in [7, 11) is 0. The second kappa shape index (κ2) is 5.26. The van der Waals surface area contributed by atoms with Gasteiger partial charge in [-0.2, -0.15) is 0 Å². The van der Waals surface area contributed by atoms with Gasteiger partial charge in [0.25, 0.3) is 0 Å². The number of anilines is 1. The van der Waals surface area contributed by atoms with Crippen LogP contribution in [0.25, 0.3) is 0 Å². The van der Waals surface area contributed by atoms with E-state index in [4.69, 9.17) is 4.74 Å². The maximum atomic E-state index is 5.76. The molecule has 0 N–H and O–H groups in total. The molecule has 1 saturated heterocycles. The quantitative estimate of drug-likeness (QED) is 0.844. The molecule has 4 nitrogen and oxygen atoms in total. The highest BCUT2D eigenvalue weighted by Crippen LogP contribution is 2.24. The average Bonchev–Trinajstić information content (AvgIpc) is 2.96. The first-order valence-electron chi connectivity index (χ1n) is 6.63. The van der Waals surface area contributed by atoms with Crippen LogP contribution in [0.2, 0.25) is 0 Å². The van der Waals surface area contributed by atoms with Crippen LogP contribution in [0.4, 0.5) is 5.82 Å². The molecule has 2 heterocycles. The molecule has 2 aromatic rings. The van der Waals surface area contributed by atoms with Crippen LogP contribution >= 0.6 is 0 Å². The smallest absolute Gasteiger partial charge is 0.224 e. The molecule has 1 fully saturated rings. The number of rotatable bonds is 3. The van der Waals surface area contributed by atoms with E-state index >= 15 is 0 Å². The number of ether oxygens (including phenoxy) is 1. The molecular formula is C15H17N3O. The molecule has 0 radical (unpaired) electrons. The molecule has 0 atom stereocenters. The van der Waals surface area contributed by atoms with Crippen molar-refractivity contribution in [1.82, 2.24) is 9.97 Å². The van der Waals surface area contributed by atoms with E-state index in [9.17, 15) is 0 Å². The number of benzene rings is 1. The van der Waals surface area contributed by atoms with E-state index in [2.05, 4.69) is 21.8 Å². The third kappa shape index (κ3) is 2.84. The summed E-state index contributed by atoms with van der Waals surface area (Å²) in [6.45, 7) is 4.20. The largest absolute Gasteiger partial charge is 0.439 e. The Morgan fingerprint density at radius 3 is 2.53 bits per heavy atom. The molecule has 98 valence electrons. The number of nitrogens with zero attached hydrogens (tertiary/aromatic N) is 3. The van der Waals surface area contributed by atoms with Crippen molar-refractivity contribution < 1.29 is 4.74 Å². The third-order valence-corrected chi connectivity index (χ3v) is 3.30. The fourth-order valence-electron chi connectivity index (χ4n) is 2.23. The molecule has 0 amide bonds. The molecule has 0 aliphatic carbocycles. The van der Waals surface area contributed by atoms with E-state index in [0.717, 1.165) is 24.7 Å². The predicted octanol–water partition coefficient (Wildman–Crippen LogP) is 3.18. The monoisotopic (exact) mass is 255 g/mol. The van der Waals surface area contributed by atoms with Gasteiger partial charge in [-0.25, -0.2) is 9.97 Å². The molecule has 1 aromatic carbocycles. The van der Waals surface area contributed by atoms with Gasteiger partial charge in [-0.3, -0.25) is 0 Å². The molecule has 0 spiro atoms. The summed E-state index contributed by atoms with van der Waals surface area (Å²) in [4.78, 5) is 10.7. The third-order valence-electron chi connectivity index (χ3n) is 3.30. The fraction of sp³-hybridized carbons (Fsp3) is 0.333. The zero-order valence-electron chi connectivity index (χ0n) is 11.0. The van der Waals surface area contributed by atoms with Gasteiger partial charge in [0.05, 0.1) is 0 Å². The van der Waals surface area contributed by atoms with E-state index in [0.29, 0.717) is 5.88 Å². The van der Waals surface area contributed by atoms with Gasteiger partial charge in [0, 0.05) is 19.2 Å². The van der Waals surface area contributed by atoms with Gasteiger partial charge >= 0.3 is 0 Å². The van der Waals surface area contributed by atoms with Crippen molar-refractivity contribution in [1.29, 1.82) is 0 Å². The summed E-state index contributed by atoms with van der Waals surface area (Å²) in [6, 6.07) is 9.86. The topological polar surface area (TPSA) is 38.2 Å². The molecule has 3 rings (SSSR count). The minimum Gasteiger partial charge on any atom is -0.439 e. The molecule has 0 bridgehead atoms. The van der Waals surface area contributed by atoms with Crippen LogP contribution in [0, 0.1) is 6.92 Å². The summed E-state index contributed by atoms with van der Waals surface area (Å²) in [5.41, 5.74) is 1.22. The highest BCUT2D eigenvalue weighted by atomic mass is 16.5. The van der Waals surface area contributed by atoms with Gasteiger partial charge in [0.2, 0.25) is 5.88 Å². The van der Waals surface area contributed by atoms with Crippen molar-refractivity contribution in [3.8, 4) is 11.6 Å². The van der Waals surface area contributed by atoms with Gasteiger partial charge < -0.3 is 9.64 Å². The van der Waals surface area contributed by atoms with Crippen LogP contribution in [-0.4, -0.2) is 23.1 Å². The SMILES string of the molecule is Cc1ccc(Oc2cc(N3CCCC3)ncn2)cc1. The van der Waals surface area contributed by atoms with Crippen molar-refractivity contribution in [2.24, 2.45) is 0 Å². The Labute approximate surface area is 113 Å². The molecule has 0 unspecified atom stereocenters. The number of aromatic nitrogens is 2. The highest BCUT2D eigenvalue weighted by molar-refractivity contribution is 5.42. The lowest BCUT2D eigenvalue weighted by molar-refractivity contribution is 0.461. The Morgan fingerprint density at radius 2 is 1.79 bits per heavy atom. The van der Waals surface area contributed by atoms with Crippen LogP contribution < -0.4 is 9.64 Å². The van der Waals surface area contributed by atoms with Crippen LogP contribution in [0.1, 0.15) is 18.4 Å². The van der Waals surface area contributed by atoms with Crippen molar-refractivity contribution in [3.05, 3.63) is 42.2 Å². The van der Waals surface area contributed by atoms with Crippen molar-refractivity contribution in [2.75, 3.05) is 18.0 Å². The average molecular weight is 255 g/mol. The molecule has 0 saturated carbocycles. The number of hydrogen-bond acceptors (Lipinski definition) is 4. The van der Waals surface area contributed by atoms with Gasteiger partial charge in [-0.15, -0.1) is 0 Å². The van der Waals surface area contributed by atoms with Crippen LogP contribution in [0.15, 0.2) is 36.7 Å². The summed E-state index contributed by atoms with van der Waals surface area (Å²) >= 11 is 0. The minimum atomic E-state index is 0.598. The maximum Gasteiger partial charge on any atom is 0.224 e. The summed E-state index contributed by atoms with van der Waals surface area (Å²) in [5, 5.41) is 0. The van der Waals surface area contributed by atoms with Gasteiger partial charge in [-0.05, 0) is 31.9 Å². The summed E-state index contributed by atoms with van der Waals surface area (Å²) < 4.78 is 5.76. The minimum absolute atomic E-state index is 0.598.